The van der Waals surface area contributed by atoms with Crippen LogP contribution in [0.4, 0.5) is 4.79 Å². The molecular formula is C51H71N3O12. The highest BCUT2D eigenvalue weighted by atomic mass is 16.7. The van der Waals surface area contributed by atoms with E-state index in [1.54, 1.807) is 72.1 Å². The monoisotopic (exact) mass is 918 g/mol. The summed E-state index contributed by atoms with van der Waals surface area (Å²) in [6.45, 7) is 13.5. The molecule has 1 amide bonds. The number of cyclic esters (lactones) is 1. The van der Waals surface area contributed by atoms with Gasteiger partial charge in [-0.1, -0.05) is 57.2 Å². The Bertz CT molecular complexity index is 2100. The first-order chi connectivity index (χ1) is 31.3. The van der Waals surface area contributed by atoms with Crippen LogP contribution in [-0.4, -0.2) is 140 Å². The van der Waals surface area contributed by atoms with E-state index in [1.807, 2.05) is 63.3 Å². The number of carbonyl (C=O) groups excluding carboxylic acids is 4. The van der Waals surface area contributed by atoms with Gasteiger partial charge >= 0.3 is 18.0 Å². The molecule has 362 valence electrons. The van der Waals surface area contributed by atoms with E-state index in [9.17, 15) is 24.3 Å². The van der Waals surface area contributed by atoms with Crippen molar-refractivity contribution in [2.75, 3.05) is 41.3 Å². The number of hydrogen-bond acceptors (Lipinski definition) is 14. The zero-order chi connectivity index (χ0) is 48.1. The lowest BCUT2D eigenvalue weighted by Gasteiger charge is -2.48. The molecule has 3 aliphatic rings. The highest BCUT2D eigenvalue weighted by Crippen LogP contribution is 2.41. The van der Waals surface area contributed by atoms with Crippen molar-refractivity contribution >= 4 is 23.8 Å². The van der Waals surface area contributed by atoms with Gasteiger partial charge in [-0.15, -0.1) is 0 Å². The number of ether oxygens (including phenoxy) is 6. The van der Waals surface area contributed by atoms with Gasteiger partial charge in [-0.3, -0.25) is 9.59 Å². The molecule has 15 heteroatoms. The van der Waals surface area contributed by atoms with Crippen molar-refractivity contribution in [2.45, 2.75) is 134 Å². The predicted octanol–water partition coefficient (Wildman–Crippen LogP) is 6.55. The third kappa shape index (κ3) is 11.4. The molecule has 3 fully saturated rings. The highest BCUT2D eigenvalue weighted by molar-refractivity contribution is 5.89. The number of Topliss-reactive ketones (excluding diaryl/α,β-unsaturated/α-hetero) is 1. The van der Waals surface area contributed by atoms with Crippen molar-refractivity contribution in [2.24, 2.45) is 23.7 Å². The molecule has 3 aromatic rings. The Balaban J connectivity index is 1.29. The summed E-state index contributed by atoms with van der Waals surface area (Å²) >= 11 is 0. The molecule has 0 bridgehead atoms. The number of aliphatic hydroxyl groups is 1. The van der Waals surface area contributed by atoms with Gasteiger partial charge in [0, 0.05) is 49.9 Å². The molecule has 1 aromatic heterocycles. The number of aliphatic hydroxyl groups excluding tert-OH is 1. The average Bonchev–Trinajstić information content (AvgIpc) is 3.96. The van der Waals surface area contributed by atoms with Crippen molar-refractivity contribution in [1.29, 1.82) is 0 Å². The molecule has 0 radical (unpaired) electrons. The number of furan rings is 1. The van der Waals surface area contributed by atoms with E-state index in [1.165, 1.54) is 7.11 Å². The summed E-state index contributed by atoms with van der Waals surface area (Å²) < 4.78 is 44.0. The lowest BCUT2D eigenvalue weighted by atomic mass is 9.73. The van der Waals surface area contributed by atoms with Crippen LogP contribution in [-0.2, 0) is 44.4 Å². The number of methoxy groups -OCH3 is 1. The summed E-state index contributed by atoms with van der Waals surface area (Å²) in [5.41, 5.74) is -0.252. The Kier molecular flexibility index (Phi) is 16.6. The van der Waals surface area contributed by atoms with Crippen LogP contribution in [0.25, 0.3) is 11.3 Å². The molecule has 2 N–H and O–H groups in total. The number of hydrogen-bond donors (Lipinski definition) is 2. The molecule has 14 atom stereocenters. The largest absolute Gasteiger partial charge is 0.464 e. The second-order valence-corrected chi connectivity index (χ2v) is 19.5. The van der Waals surface area contributed by atoms with Gasteiger partial charge in [0.1, 0.15) is 17.6 Å². The van der Waals surface area contributed by atoms with Crippen molar-refractivity contribution in [3.8, 4) is 11.3 Å². The second kappa shape index (κ2) is 21.5. The Morgan fingerprint density at radius 3 is 2.32 bits per heavy atom. The van der Waals surface area contributed by atoms with Crippen LogP contribution in [0.1, 0.15) is 83.7 Å². The van der Waals surface area contributed by atoms with Gasteiger partial charge in [-0.2, -0.15) is 0 Å². The smallest absolute Gasteiger partial charge is 0.408 e. The Morgan fingerprint density at radius 2 is 1.65 bits per heavy atom. The van der Waals surface area contributed by atoms with E-state index >= 15 is 0 Å². The lowest BCUT2D eigenvalue weighted by molar-refractivity contribution is -0.300. The van der Waals surface area contributed by atoms with Crippen LogP contribution in [0.3, 0.4) is 0 Å². The fourth-order valence-corrected chi connectivity index (χ4v) is 10.2. The van der Waals surface area contributed by atoms with E-state index in [-0.39, 0.29) is 30.8 Å². The molecule has 0 spiro atoms. The average molecular weight is 918 g/mol. The third-order valence-corrected chi connectivity index (χ3v) is 14.3. The summed E-state index contributed by atoms with van der Waals surface area (Å²) in [6.07, 6.45) is -3.19. The highest BCUT2D eigenvalue weighted by Gasteiger charge is 2.58. The number of nitrogens with zero attached hydrogens (tertiary/aromatic N) is 2. The first-order valence-electron chi connectivity index (χ1n) is 23.3. The first-order valence-corrected chi connectivity index (χ1v) is 23.3. The quantitative estimate of drug-likeness (QED) is 0.140. The normalized spacial score (nSPS) is 34.5. The molecule has 6 rings (SSSR count). The minimum atomic E-state index is -1.44. The van der Waals surface area contributed by atoms with E-state index in [2.05, 4.69) is 22.3 Å². The minimum absolute atomic E-state index is 0.123. The topological polar surface area (TPSA) is 176 Å². The van der Waals surface area contributed by atoms with Crippen molar-refractivity contribution in [3.63, 3.8) is 0 Å². The maximum absolute atomic E-state index is 14.7. The fraction of sp³-hybridized carbons (Fsp3) is 0.608. The third-order valence-electron chi connectivity index (χ3n) is 14.3. The van der Waals surface area contributed by atoms with Gasteiger partial charge in [0.15, 0.2) is 18.0 Å². The van der Waals surface area contributed by atoms with Crippen LogP contribution >= 0.6 is 0 Å². The summed E-state index contributed by atoms with van der Waals surface area (Å²) in [6, 6.07) is 19.4. The number of carbonyl (C=O) groups is 4. The van der Waals surface area contributed by atoms with E-state index in [0.29, 0.717) is 25.1 Å². The lowest BCUT2D eigenvalue weighted by Crippen LogP contribution is -2.61. The number of amides is 1. The van der Waals surface area contributed by atoms with Crippen molar-refractivity contribution < 1.29 is 57.1 Å². The van der Waals surface area contributed by atoms with Crippen LogP contribution in [0.15, 0.2) is 77.4 Å². The zero-order valence-corrected chi connectivity index (χ0v) is 40.4. The number of likely N-dealkylation sites (N-methyl/N-ethyl adjacent to an activating group) is 2. The molecule has 15 nitrogen and oxygen atoms in total. The van der Waals surface area contributed by atoms with Crippen molar-refractivity contribution in [1.82, 2.24) is 15.1 Å². The molecule has 0 unspecified atom stereocenters. The van der Waals surface area contributed by atoms with Crippen LogP contribution in [0.5, 0.6) is 0 Å². The Morgan fingerprint density at radius 1 is 0.924 bits per heavy atom. The van der Waals surface area contributed by atoms with Gasteiger partial charge in [-0.25, -0.2) is 9.59 Å². The molecule has 3 aliphatic heterocycles. The van der Waals surface area contributed by atoms with E-state index < -0.39 is 89.7 Å². The number of benzene rings is 2. The zero-order valence-electron chi connectivity index (χ0n) is 40.4. The molecule has 0 aliphatic carbocycles. The first kappa shape index (κ1) is 50.8. The summed E-state index contributed by atoms with van der Waals surface area (Å²) in [5, 5.41) is 15.2. The SMILES string of the molecule is CO[C@]1(C)C[C@@H](C)C(=O)[C@H](C)[C@H]2NC(=O)O[C@]2(C)[C@@H](CCN(C)CCc2cccc(-c3ccco3)c2)OC(=O)[C@H](C)[C@@H](O)[C@H](C)[C@H]1O[C@@H]1O[C@H](C)C[C@H](N(C)C)[C@H]1OC(=O)c1ccccc1. The molecular weight excluding hydrogens is 847 g/mol. The molecule has 2 aromatic carbocycles. The van der Waals surface area contributed by atoms with Crippen LogP contribution < -0.4 is 5.32 Å². The van der Waals surface area contributed by atoms with Gasteiger partial charge in [0.2, 0.25) is 0 Å². The molecule has 4 heterocycles. The van der Waals surface area contributed by atoms with Crippen molar-refractivity contribution in [3.05, 3.63) is 84.1 Å². The number of alkyl carbamates (subject to hydrolysis) is 1. The van der Waals surface area contributed by atoms with Gasteiger partial charge in [0.25, 0.3) is 0 Å². The number of ketones is 1. The Hall–Kier alpha value is -4.64. The molecule has 0 saturated carbocycles. The fourth-order valence-electron chi connectivity index (χ4n) is 10.2. The number of nitrogens with one attached hydrogen (secondary N) is 1. The maximum atomic E-state index is 14.7. The number of fused-ring (bicyclic) bond motifs is 1. The molecule has 66 heavy (non-hydrogen) atoms. The van der Waals surface area contributed by atoms with Gasteiger partial charge in [-0.05, 0) is 104 Å². The van der Waals surface area contributed by atoms with Gasteiger partial charge in [0.05, 0.1) is 53.7 Å². The van der Waals surface area contributed by atoms with E-state index in [0.717, 1.165) is 23.3 Å². The van der Waals surface area contributed by atoms with Crippen LogP contribution in [0, 0.1) is 23.7 Å². The Labute approximate surface area is 389 Å². The van der Waals surface area contributed by atoms with Gasteiger partial charge < -0.3 is 53.1 Å². The standard InChI is InChI=1S/C51H71N3O12/c1-30-29-50(6,60-11)45(65-48-43(38(53(8)9)27-31(2)62-48)64-47(58)36-18-13-12-14-19-36)33(4)42(56)34(5)46(57)63-40(51(7)44(32(3)41(30)55)52-49(59)66-51)23-25-54(10)24-22-35-17-15-20-37(28-35)39-21-16-26-61-39/h12-21,26,28,30-34,38,40,42-45,48,56H,22-25,27,29H2,1-11H3,(H,52,59)/t30-,31-,32+,33+,34-,38+,40-,42+,43-,44-,45-,48+,50-,51-/m1/s1. The molecule has 3 saturated heterocycles. The summed E-state index contributed by atoms with van der Waals surface area (Å²) in [5.74, 6) is -4.05. The number of esters is 2. The maximum Gasteiger partial charge on any atom is 0.408 e. The minimum Gasteiger partial charge on any atom is -0.464 e. The van der Waals surface area contributed by atoms with Crippen LogP contribution in [0.2, 0.25) is 0 Å². The summed E-state index contributed by atoms with van der Waals surface area (Å²) in [7, 11) is 7.28. The second-order valence-electron chi connectivity index (χ2n) is 19.5. The predicted molar refractivity (Wildman–Crippen MR) is 246 cm³/mol. The number of rotatable bonds is 13. The van der Waals surface area contributed by atoms with E-state index in [4.69, 9.17) is 32.8 Å². The summed E-state index contributed by atoms with van der Waals surface area (Å²) in [4.78, 5) is 60.0.